The number of ether oxygens (including phenoxy) is 1. The van der Waals surface area contributed by atoms with E-state index in [2.05, 4.69) is 15.9 Å². The molecule has 7 nitrogen and oxygen atoms in total. The molecule has 156 valence electrons. The number of halogens is 1. The van der Waals surface area contributed by atoms with Crippen LogP contribution in [0.3, 0.4) is 0 Å². The first-order valence-corrected chi connectivity index (χ1v) is 10.8. The minimum Gasteiger partial charge on any atom is -0.488 e. The molecule has 0 radical (unpaired) electrons. The summed E-state index contributed by atoms with van der Waals surface area (Å²) >= 11 is 4.34. The van der Waals surface area contributed by atoms with E-state index in [1.54, 1.807) is 24.3 Å². The van der Waals surface area contributed by atoms with E-state index in [0.29, 0.717) is 22.6 Å². The Balaban J connectivity index is 1.82. The smallest absolute Gasteiger partial charge is 0.293 e. The molecule has 0 N–H and O–H groups in total. The van der Waals surface area contributed by atoms with Crippen LogP contribution in [-0.2, 0) is 11.4 Å². The van der Waals surface area contributed by atoms with E-state index < -0.39 is 4.92 Å². The molecule has 1 aliphatic rings. The third kappa shape index (κ3) is 4.91. The fourth-order valence-corrected chi connectivity index (χ4v) is 4.12. The highest BCUT2D eigenvalue weighted by molar-refractivity contribution is 9.10. The van der Waals surface area contributed by atoms with Crippen LogP contribution in [0.2, 0.25) is 0 Å². The van der Waals surface area contributed by atoms with Crippen LogP contribution in [0.15, 0.2) is 51.8 Å². The van der Waals surface area contributed by atoms with E-state index in [1.165, 1.54) is 17.0 Å². The first kappa shape index (κ1) is 22.0. The quantitative estimate of drug-likeness (QED) is 0.278. The minimum atomic E-state index is -0.454. The van der Waals surface area contributed by atoms with Crippen molar-refractivity contribution in [3.8, 4) is 5.75 Å². The molecule has 2 aromatic rings. The average Bonchev–Trinajstić information content (AvgIpc) is 3.00. The van der Waals surface area contributed by atoms with Crippen molar-refractivity contribution in [3.05, 3.63) is 73.1 Å². The van der Waals surface area contributed by atoms with Gasteiger partial charge in [-0.3, -0.25) is 24.6 Å². The molecule has 0 unspecified atom stereocenters. The Labute approximate surface area is 186 Å². The number of benzene rings is 2. The number of imide groups is 1. The number of hydrogen-bond donors (Lipinski definition) is 0. The summed E-state index contributed by atoms with van der Waals surface area (Å²) in [7, 11) is 0. The van der Waals surface area contributed by atoms with Crippen LogP contribution in [0.25, 0.3) is 6.08 Å². The summed E-state index contributed by atoms with van der Waals surface area (Å²) in [5, 5.41) is 10.5. The van der Waals surface area contributed by atoms with Gasteiger partial charge in [-0.2, -0.15) is 0 Å². The molecular formula is C21H19BrN2O5S. The number of nitro groups is 1. The maximum atomic E-state index is 12.7. The molecule has 1 aliphatic heterocycles. The van der Waals surface area contributed by atoms with Crippen molar-refractivity contribution in [2.75, 3.05) is 0 Å². The van der Waals surface area contributed by atoms with Crippen LogP contribution in [0.1, 0.15) is 31.4 Å². The highest BCUT2D eigenvalue weighted by Crippen LogP contribution is 2.36. The molecule has 2 aromatic carbocycles. The van der Waals surface area contributed by atoms with Crippen LogP contribution < -0.4 is 4.74 Å². The van der Waals surface area contributed by atoms with Crippen LogP contribution in [0.4, 0.5) is 10.5 Å². The molecule has 30 heavy (non-hydrogen) atoms. The molecule has 1 heterocycles. The van der Waals surface area contributed by atoms with Crippen LogP contribution in [0.5, 0.6) is 5.75 Å². The van der Waals surface area contributed by atoms with Gasteiger partial charge in [0.25, 0.3) is 16.8 Å². The van der Waals surface area contributed by atoms with Crippen molar-refractivity contribution < 1.29 is 19.2 Å². The molecular weight excluding hydrogens is 472 g/mol. The number of amides is 2. The Kier molecular flexibility index (Phi) is 6.94. The number of non-ortho nitro benzene ring substituents is 1. The summed E-state index contributed by atoms with van der Waals surface area (Å²) < 4.78 is 6.70. The van der Waals surface area contributed by atoms with Gasteiger partial charge >= 0.3 is 0 Å². The normalized spacial score (nSPS) is 16.2. The lowest BCUT2D eigenvalue weighted by Gasteiger charge is -2.19. The summed E-state index contributed by atoms with van der Waals surface area (Å²) in [6.45, 7) is 3.97. The van der Waals surface area contributed by atoms with Crippen LogP contribution >= 0.6 is 27.7 Å². The molecule has 9 heteroatoms. The molecule has 1 saturated heterocycles. The van der Waals surface area contributed by atoms with Crippen molar-refractivity contribution in [3.63, 3.8) is 0 Å². The zero-order valence-electron chi connectivity index (χ0n) is 16.3. The van der Waals surface area contributed by atoms with Gasteiger partial charge in [0, 0.05) is 28.2 Å². The molecule has 3 rings (SSSR count). The molecule has 0 aromatic heterocycles. The monoisotopic (exact) mass is 490 g/mol. The third-order valence-corrected chi connectivity index (χ3v) is 6.03. The Hall–Kier alpha value is -2.65. The minimum absolute atomic E-state index is 0.0140. The van der Waals surface area contributed by atoms with Crippen molar-refractivity contribution >= 4 is 50.6 Å². The maximum Gasteiger partial charge on any atom is 0.293 e. The first-order chi connectivity index (χ1) is 14.3. The highest BCUT2D eigenvalue weighted by atomic mass is 79.9. The second-order valence-corrected chi connectivity index (χ2v) is 8.61. The molecule has 2 amide bonds. The lowest BCUT2D eigenvalue weighted by Crippen LogP contribution is -2.36. The Morgan fingerprint density at radius 2 is 1.93 bits per heavy atom. The second-order valence-electron chi connectivity index (χ2n) is 6.70. The van der Waals surface area contributed by atoms with Crippen molar-refractivity contribution in [1.29, 1.82) is 0 Å². The molecule has 0 saturated carbocycles. The van der Waals surface area contributed by atoms with Gasteiger partial charge in [0.2, 0.25) is 0 Å². The molecule has 1 atom stereocenters. The van der Waals surface area contributed by atoms with Crippen molar-refractivity contribution in [1.82, 2.24) is 4.90 Å². The summed E-state index contributed by atoms with van der Waals surface area (Å²) in [6, 6.07) is 11.3. The van der Waals surface area contributed by atoms with Gasteiger partial charge in [-0.1, -0.05) is 22.9 Å². The number of carbonyl (C=O) groups is 2. The Morgan fingerprint density at radius 1 is 1.23 bits per heavy atom. The number of hydrogen-bond acceptors (Lipinski definition) is 6. The van der Waals surface area contributed by atoms with Crippen LogP contribution in [0, 0.1) is 10.1 Å². The Bertz CT molecular complexity index is 1020. The lowest BCUT2D eigenvalue weighted by molar-refractivity contribution is -0.384. The van der Waals surface area contributed by atoms with Gasteiger partial charge in [-0.05, 0) is 67.1 Å². The van der Waals surface area contributed by atoms with Crippen molar-refractivity contribution in [2.45, 2.75) is 32.9 Å². The maximum absolute atomic E-state index is 12.7. The standard InChI is InChI=1S/C21H19BrN2O5S/c1-3-13(2)23-20(25)19(30-21(23)26)11-15-10-16(22)6-9-18(15)29-12-14-4-7-17(8-5-14)24(27)28/h4-11,13H,3,12H2,1-2H3/b19-11+/t13-/m0/s1. The van der Waals surface area contributed by atoms with Gasteiger partial charge in [-0.15, -0.1) is 0 Å². The van der Waals surface area contributed by atoms with Gasteiger partial charge in [0.05, 0.1) is 9.83 Å². The molecule has 0 bridgehead atoms. The predicted molar refractivity (Wildman–Crippen MR) is 119 cm³/mol. The van der Waals surface area contributed by atoms with Crippen LogP contribution in [-0.4, -0.2) is 27.0 Å². The SMILES string of the molecule is CC[C@H](C)N1C(=O)S/C(=C/c2cc(Br)ccc2OCc2ccc([N+](=O)[O-])cc2)C1=O. The number of rotatable bonds is 7. The van der Waals surface area contributed by atoms with Crippen molar-refractivity contribution in [2.24, 2.45) is 0 Å². The largest absolute Gasteiger partial charge is 0.488 e. The summed E-state index contributed by atoms with van der Waals surface area (Å²) in [6.07, 6.45) is 2.34. The van der Waals surface area contributed by atoms with Gasteiger partial charge in [0.15, 0.2) is 0 Å². The average molecular weight is 491 g/mol. The van der Waals surface area contributed by atoms with E-state index in [9.17, 15) is 19.7 Å². The van der Waals surface area contributed by atoms with E-state index in [4.69, 9.17) is 4.74 Å². The zero-order chi connectivity index (χ0) is 21.8. The number of thioether (sulfide) groups is 1. The second kappa shape index (κ2) is 9.44. The lowest BCUT2D eigenvalue weighted by atomic mass is 10.1. The third-order valence-electron chi connectivity index (χ3n) is 4.66. The van der Waals surface area contributed by atoms with Gasteiger partial charge in [-0.25, -0.2) is 0 Å². The summed E-state index contributed by atoms with van der Waals surface area (Å²) in [4.78, 5) is 36.9. The fraction of sp³-hybridized carbons (Fsp3) is 0.238. The first-order valence-electron chi connectivity index (χ1n) is 9.23. The van der Waals surface area contributed by atoms with E-state index in [1.807, 2.05) is 26.0 Å². The molecule has 1 fully saturated rings. The topological polar surface area (TPSA) is 89.8 Å². The number of carbonyl (C=O) groups excluding carboxylic acids is 2. The Morgan fingerprint density at radius 3 is 2.57 bits per heavy atom. The van der Waals surface area contributed by atoms with E-state index in [-0.39, 0.29) is 29.5 Å². The molecule has 0 spiro atoms. The van der Waals surface area contributed by atoms with E-state index in [0.717, 1.165) is 21.8 Å². The summed E-state index contributed by atoms with van der Waals surface area (Å²) in [5.41, 5.74) is 1.44. The predicted octanol–water partition coefficient (Wildman–Crippen LogP) is 5.77. The molecule has 0 aliphatic carbocycles. The van der Waals surface area contributed by atoms with E-state index >= 15 is 0 Å². The van der Waals surface area contributed by atoms with Gasteiger partial charge in [0.1, 0.15) is 12.4 Å². The highest BCUT2D eigenvalue weighted by Gasteiger charge is 2.37. The zero-order valence-corrected chi connectivity index (χ0v) is 18.7. The fourth-order valence-electron chi connectivity index (χ4n) is 2.82. The number of nitrogens with zero attached hydrogens (tertiary/aromatic N) is 2. The summed E-state index contributed by atoms with van der Waals surface area (Å²) in [5.74, 6) is 0.229. The number of nitro benzene ring substituents is 1. The van der Waals surface area contributed by atoms with Gasteiger partial charge < -0.3 is 4.74 Å².